The minimum absolute atomic E-state index is 0.269. The molecule has 162 valence electrons. The van der Waals surface area contributed by atoms with Gasteiger partial charge in [0.15, 0.2) is 0 Å². The van der Waals surface area contributed by atoms with Crippen LogP contribution in [0.2, 0.25) is 0 Å². The fourth-order valence-corrected chi connectivity index (χ4v) is 6.28. The maximum atomic E-state index is 12.8. The Bertz CT molecular complexity index is 756. The van der Waals surface area contributed by atoms with E-state index in [1.165, 1.54) is 14.0 Å². The van der Waals surface area contributed by atoms with E-state index in [1.54, 1.807) is 6.08 Å². The summed E-state index contributed by atoms with van der Waals surface area (Å²) >= 11 is 0. The van der Waals surface area contributed by atoms with E-state index < -0.39 is 34.6 Å². The number of aliphatic hydroxyl groups excluding tert-OH is 2. The average molecular weight is 407 g/mol. The molecule has 6 nitrogen and oxygen atoms in total. The summed E-state index contributed by atoms with van der Waals surface area (Å²) < 4.78 is 10.9. The number of hydrogen-bond donors (Lipinski definition) is 2. The van der Waals surface area contributed by atoms with Gasteiger partial charge in [0, 0.05) is 17.8 Å². The number of carbonyl (C=O) groups excluding carboxylic acids is 2. The molecule has 0 amide bonds. The molecule has 6 heteroatoms. The number of aliphatic hydroxyl groups is 2. The lowest BCUT2D eigenvalue weighted by atomic mass is 9.45. The molecule has 2 N–H and O–H groups in total. The first-order valence-electron chi connectivity index (χ1n) is 10.4. The van der Waals surface area contributed by atoms with Crippen LogP contribution in [0.4, 0.5) is 0 Å². The maximum Gasteiger partial charge on any atom is 0.311 e. The van der Waals surface area contributed by atoms with Crippen LogP contribution in [0.15, 0.2) is 23.8 Å². The predicted octanol–water partition coefficient (Wildman–Crippen LogP) is 2.92. The molecule has 29 heavy (non-hydrogen) atoms. The lowest BCUT2D eigenvalue weighted by Gasteiger charge is -2.60. The monoisotopic (exact) mass is 406 g/mol. The number of carbonyl (C=O) groups is 2. The average Bonchev–Trinajstić information content (AvgIpc) is 2.67. The largest absolute Gasteiger partial charge is 0.469 e. The normalized spacial score (nSPS) is 44.4. The van der Waals surface area contributed by atoms with Crippen molar-refractivity contribution >= 4 is 11.9 Å². The lowest BCUT2D eigenvalue weighted by Crippen LogP contribution is -2.61. The van der Waals surface area contributed by atoms with Crippen LogP contribution in [0, 0.1) is 22.2 Å². The standard InChI is InChI=1S/C23H34O6/c1-7-21(3)10-8-14-18(19(21)26)15(25)12-16-22(4,20(27)28-6)11-9-17(23(14,16)5)29-13(2)24/h7,15-17,19,25-26H,1,8-12H2,2-6H3/t15-,16+,17+,19-,21+,22-,23-/m1/s1. The summed E-state index contributed by atoms with van der Waals surface area (Å²) in [6, 6.07) is 0. The smallest absolute Gasteiger partial charge is 0.311 e. The van der Waals surface area contributed by atoms with Crippen LogP contribution in [0.25, 0.3) is 0 Å². The molecule has 0 saturated heterocycles. The predicted molar refractivity (Wildman–Crippen MR) is 108 cm³/mol. The van der Waals surface area contributed by atoms with E-state index >= 15 is 0 Å². The number of esters is 2. The molecule has 7 atom stereocenters. The summed E-state index contributed by atoms with van der Waals surface area (Å²) in [5.74, 6) is -0.940. The van der Waals surface area contributed by atoms with E-state index in [0.717, 1.165) is 5.57 Å². The van der Waals surface area contributed by atoms with Gasteiger partial charge in [0.1, 0.15) is 6.10 Å². The first kappa shape index (κ1) is 22.0. The van der Waals surface area contributed by atoms with Gasteiger partial charge in [-0.15, -0.1) is 6.58 Å². The fourth-order valence-electron chi connectivity index (χ4n) is 6.28. The third-order valence-corrected chi connectivity index (χ3v) is 8.16. The van der Waals surface area contributed by atoms with Crippen LogP contribution in [0.1, 0.15) is 59.8 Å². The zero-order valence-electron chi connectivity index (χ0n) is 18.2. The third-order valence-electron chi connectivity index (χ3n) is 8.16. The van der Waals surface area contributed by atoms with Crippen LogP contribution in [0.5, 0.6) is 0 Å². The first-order chi connectivity index (χ1) is 13.5. The van der Waals surface area contributed by atoms with Gasteiger partial charge in [-0.05, 0) is 50.5 Å². The van der Waals surface area contributed by atoms with Crippen molar-refractivity contribution in [1.29, 1.82) is 0 Å². The quantitative estimate of drug-likeness (QED) is 0.553. The van der Waals surface area contributed by atoms with Crippen molar-refractivity contribution in [3.63, 3.8) is 0 Å². The second-order valence-corrected chi connectivity index (χ2v) is 9.68. The van der Waals surface area contributed by atoms with Gasteiger partial charge >= 0.3 is 11.9 Å². The Hall–Kier alpha value is -1.66. The van der Waals surface area contributed by atoms with E-state index in [4.69, 9.17) is 9.47 Å². The van der Waals surface area contributed by atoms with Crippen molar-refractivity contribution < 1.29 is 29.3 Å². The fraction of sp³-hybridized carbons (Fsp3) is 0.739. The number of rotatable bonds is 3. The SMILES string of the molecule is C=C[C@@]1(C)CCC2=C([C@H](O)C[C@@H]3[C@]2(C)[C@@H](OC(C)=O)CC[C@@]3(C)C(=O)OC)[C@H]1O. The van der Waals surface area contributed by atoms with Gasteiger partial charge in [-0.1, -0.05) is 25.5 Å². The minimum Gasteiger partial charge on any atom is -0.469 e. The Morgan fingerprint density at radius 3 is 2.41 bits per heavy atom. The maximum absolute atomic E-state index is 12.8. The Labute approximate surface area is 173 Å². The molecule has 0 aliphatic heterocycles. The van der Waals surface area contributed by atoms with Gasteiger partial charge in [-0.3, -0.25) is 9.59 Å². The Morgan fingerprint density at radius 1 is 1.21 bits per heavy atom. The number of fused-ring (bicyclic) bond motifs is 2. The Balaban J connectivity index is 2.20. The minimum atomic E-state index is -0.863. The highest BCUT2D eigenvalue weighted by Crippen LogP contribution is 2.64. The summed E-state index contributed by atoms with van der Waals surface area (Å²) in [5, 5.41) is 22.3. The summed E-state index contributed by atoms with van der Waals surface area (Å²) in [7, 11) is 1.38. The highest BCUT2D eigenvalue weighted by molar-refractivity contribution is 5.77. The first-order valence-corrected chi connectivity index (χ1v) is 10.4. The van der Waals surface area contributed by atoms with Gasteiger partial charge in [0.25, 0.3) is 0 Å². The molecular weight excluding hydrogens is 372 g/mol. The molecule has 0 aromatic heterocycles. The van der Waals surface area contributed by atoms with Crippen molar-refractivity contribution in [3.05, 3.63) is 23.8 Å². The van der Waals surface area contributed by atoms with E-state index in [9.17, 15) is 19.8 Å². The van der Waals surface area contributed by atoms with Gasteiger partial charge in [0.2, 0.25) is 0 Å². The van der Waals surface area contributed by atoms with Crippen molar-refractivity contribution in [2.45, 2.75) is 78.1 Å². The molecule has 0 heterocycles. The molecule has 3 aliphatic rings. The topological polar surface area (TPSA) is 93.1 Å². The van der Waals surface area contributed by atoms with Crippen LogP contribution in [-0.2, 0) is 19.1 Å². The van der Waals surface area contributed by atoms with E-state index in [1.807, 2.05) is 20.8 Å². The molecule has 1 saturated carbocycles. The highest BCUT2D eigenvalue weighted by Gasteiger charge is 2.64. The van der Waals surface area contributed by atoms with Gasteiger partial charge in [0.05, 0.1) is 24.7 Å². The molecule has 0 unspecified atom stereocenters. The van der Waals surface area contributed by atoms with Gasteiger partial charge in [-0.25, -0.2) is 0 Å². The van der Waals surface area contributed by atoms with Crippen molar-refractivity contribution in [2.24, 2.45) is 22.2 Å². The molecule has 3 aliphatic carbocycles. The number of methoxy groups -OCH3 is 1. The molecule has 0 spiro atoms. The lowest BCUT2D eigenvalue weighted by molar-refractivity contribution is -0.184. The van der Waals surface area contributed by atoms with Crippen molar-refractivity contribution in [3.8, 4) is 0 Å². The van der Waals surface area contributed by atoms with Crippen LogP contribution < -0.4 is 0 Å². The summed E-state index contributed by atoms with van der Waals surface area (Å²) in [5.41, 5.74) is -0.451. The molecule has 0 radical (unpaired) electrons. The second-order valence-electron chi connectivity index (χ2n) is 9.68. The molecular formula is C23H34O6. The van der Waals surface area contributed by atoms with Crippen LogP contribution in [0.3, 0.4) is 0 Å². The van der Waals surface area contributed by atoms with Gasteiger partial charge in [-0.2, -0.15) is 0 Å². The van der Waals surface area contributed by atoms with Crippen LogP contribution in [-0.4, -0.2) is 47.6 Å². The number of hydrogen-bond acceptors (Lipinski definition) is 6. The van der Waals surface area contributed by atoms with E-state index in [2.05, 4.69) is 6.58 Å². The summed E-state index contributed by atoms with van der Waals surface area (Å²) in [6.45, 7) is 11.1. The van der Waals surface area contributed by atoms with Crippen molar-refractivity contribution in [1.82, 2.24) is 0 Å². The molecule has 0 aromatic rings. The number of ether oxygens (including phenoxy) is 2. The molecule has 0 aromatic carbocycles. The van der Waals surface area contributed by atoms with Crippen LogP contribution >= 0.6 is 0 Å². The molecule has 0 bridgehead atoms. The van der Waals surface area contributed by atoms with Gasteiger partial charge < -0.3 is 19.7 Å². The zero-order chi connectivity index (χ0) is 21.8. The highest BCUT2D eigenvalue weighted by atomic mass is 16.5. The summed E-state index contributed by atoms with van der Waals surface area (Å²) in [4.78, 5) is 24.7. The molecule has 1 fully saturated rings. The third kappa shape index (κ3) is 3.07. The second kappa shape index (κ2) is 7.24. The van der Waals surface area contributed by atoms with E-state index in [0.29, 0.717) is 37.7 Å². The molecule has 3 rings (SSSR count). The Morgan fingerprint density at radius 2 is 1.86 bits per heavy atom. The summed E-state index contributed by atoms with van der Waals surface area (Å²) in [6.07, 6.45) is 2.29. The Kier molecular flexibility index (Phi) is 5.50. The van der Waals surface area contributed by atoms with E-state index in [-0.39, 0.29) is 17.9 Å². The zero-order valence-corrected chi connectivity index (χ0v) is 18.2. The van der Waals surface area contributed by atoms with Crippen molar-refractivity contribution in [2.75, 3.05) is 7.11 Å².